The Morgan fingerprint density at radius 3 is 2.18 bits per heavy atom. The molecule has 2 rings (SSSR count). The fourth-order valence-corrected chi connectivity index (χ4v) is 4.46. The molecule has 2 aromatic rings. The molecule has 0 aliphatic heterocycles. The van der Waals surface area contributed by atoms with Crippen molar-refractivity contribution in [1.29, 1.82) is 0 Å². The van der Waals surface area contributed by atoms with Crippen molar-refractivity contribution < 1.29 is 22.7 Å². The molecular formula is C21H26N4O7S. The first kappa shape index (κ1) is 25.7. The number of ether oxygens (including phenoxy) is 1. The predicted octanol–water partition coefficient (Wildman–Crippen LogP) is 0.136. The van der Waals surface area contributed by atoms with Crippen molar-refractivity contribution in [3.8, 4) is 0 Å². The van der Waals surface area contributed by atoms with Crippen LogP contribution in [0, 0.1) is 0 Å². The number of nitrogen functional groups attached to an aromatic ring is 1. The van der Waals surface area contributed by atoms with E-state index in [0.717, 1.165) is 15.2 Å². The smallest absolute Gasteiger partial charge is 0.332 e. The van der Waals surface area contributed by atoms with Crippen LogP contribution in [0.15, 0.2) is 44.8 Å². The minimum absolute atomic E-state index is 0.132. The average molecular weight is 479 g/mol. The quantitative estimate of drug-likeness (QED) is 0.304. The van der Waals surface area contributed by atoms with Gasteiger partial charge in [0.1, 0.15) is 11.4 Å². The number of nitrogens with two attached hydrogens (primary N) is 1. The van der Waals surface area contributed by atoms with E-state index in [1.165, 1.54) is 48.7 Å². The molecule has 1 aromatic carbocycles. The number of esters is 1. The summed E-state index contributed by atoms with van der Waals surface area (Å²) < 4.78 is 32.9. The minimum atomic E-state index is -3.59. The molecule has 33 heavy (non-hydrogen) atoms. The Kier molecular flexibility index (Phi) is 8.12. The number of Topliss-reactive ketones (excluding diaryl/α,β-unsaturated/α-hetero) is 1. The average Bonchev–Trinajstić information content (AvgIpc) is 2.79. The molecule has 0 bridgehead atoms. The van der Waals surface area contributed by atoms with Gasteiger partial charge in [-0.05, 0) is 23.8 Å². The molecule has 1 aromatic heterocycles. The van der Waals surface area contributed by atoms with Crippen LogP contribution in [0.25, 0.3) is 6.08 Å². The van der Waals surface area contributed by atoms with Crippen molar-refractivity contribution >= 4 is 33.7 Å². The molecule has 178 valence electrons. The molecule has 0 saturated carbocycles. The first-order valence-electron chi connectivity index (χ1n) is 9.99. The molecule has 0 aliphatic carbocycles. The number of rotatable bonds is 9. The van der Waals surface area contributed by atoms with Gasteiger partial charge >= 0.3 is 11.7 Å². The van der Waals surface area contributed by atoms with Crippen LogP contribution in [0.4, 0.5) is 5.82 Å². The van der Waals surface area contributed by atoms with E-state index in [9.17, 15) is 27.6 Å². The van der Waals surface area contributed by atoms with Crippen LogP contribution in [0.1, 0.15) is 29.8 Å². The maximum absolute atomic E-state index is 12.5. The molecule has 0 radical (unpaired) electrons. The van der Waals surface area contributed by atoms with Gasteiger partial charge in [0.05, 0.1) is 4.90 Å². The van der Waals surface area contributed by atoms with Crippen molar-refractivity contribution in [3.63, 3.8) is 0 Å². The molecule has 1 heterocycles. The highest BCUT2D eigenvalue weighted by molar-refractivity contribution is 7.89. The fourth-order valence-electron chi connectivity index (χ4n) is 3.01. The van der Waals surface area contributed by atoms with E-state index in [0.29, 0.717) is 18.7 Å². The third kappa shape index (κ3) is 5.46. The van der Waals surface area contributed by atoms with E-state index >= 15 is 0 Å². The lowest BCUT2D eigenvalue weighted by Gasteiger charge is -2.18. The first-order valence-corrected chi connectivity index (χ1v) is 11.4. The van der Waals surface area contributed by atoms with Crippen LogP contribution < -0.4 is 17.0 Å². The predicted molar refractivity (Wildman–Crippen MR) is 122 cm³/mol. The number of hydrogen-bond acceptors (Lipinski definition) is 8. The number of carbonyl (C=O) groups excluding carboxylic acids is 2. The van der Waals surface area contributed by atoms with Gasteiger partial charge < -0.3 is 10.5 Å². The first-order chi connectivity index (χ1) is 15.4. The van der Waals surface area contributed by atoms with E-state index in [4.69, 9.17) is 10.5 Å². The highest BCUT2D eigenvalue weighted by Gasteiger charge is 2.22. The second-order valence-electron chi connectivity index (χ2n) is 6.99. The highest BCUT2D eigenvalue weighted by Crippen LogP contribution is 2.16. The molecule has 0 unspecified atom stereocenters. The van der Waals surface area contributed by atoms with E-state index in [2.05, 4.69) is 0 Å². The lowest BCUT2D eigenvalue weighted by molar-refractivity contribution is -0.136. The van der Waals surface area contributed by atoms with E-state index < -0.39 is 45.2 Å². The Bertz CT molecular complexity index is 1300. The van der Waals surface area contributed by atoms with Crippen LogP contribution in [0.5, 0.6) is 0 Å². The van der Waals surface area contributed by atoms with Gasteiger partial charge in [-0.1, -0.05) is 26.0 Å². The summed E-state index contributed by atoms with van der Waals surface area (Å²) in [5, 5.41) is 0. The second kappa shape index (κ2) is 10.4. The summed E-state index contributed by atoms with van der Waals surface area (Å²) in [5.41, 5.74) is 4.22. The van der Waals surface area contributed by atoms with E-state index in [-0.39, 0.29) is 10.7 Å². The van der Waals surface area contributed by atoms with Crippen LogP contribution in [0.2, 0.25) is 0 Å². The number of anilines is 1. The largest absolute Gasteiger partial charge is 0.454 e. The number of hydrogen-bond donors (Lipinski definition) is 1. The summed E-state index contributed by atoms with van der Waals surface area (Å²) in [7, 11) is -1.08. The van der Waals surface area contributed by atoms with E-state index in [1.807, 2.05) is 0 Å². The lowest BCUT2D eigenvalue weighted by Crippen LogP contribution is -2.42. The van der Waals surface area contributed by atoms with Gasteiger partial charge in [0.15, 0.2) is 6.61 Å². The normalized spacial score (nSPS) is 11.8. The Morgan fingerprint density at radius 2 is 1.64 bits per heavy atom. The van der Waals surface area contributed by atoms with Gasteiger partial charge in [0.2, 0.25) is 15.8 Å². The molecule has 12 heteroatoms. The van der Waals surface area contributed by atoms with Crippen LogP contribution in [0.3, 0.4) is 0 Å². The summed E-state index contributed by atoms with van der Waals surface area (Å²) in [6, 6.07) is 5.92. The molecule has 0 aliphatic rings. The standard InChI is InChI=1S/C21H26N4O7S/c1-5-25(6-2)33(30,31)15-10-7-14(8-11-15)9-12-17(27)32-13-16(26)18-19(22)23(3)21(29)24(4)20(18)28/h7-12H,5-6,13,22H2,1-4H3/b12-9+. The summed E-state index contributed by atoms with van der Waals surface area (Å²) in [6.07, 6.45) is 2.45. The fraction of sp³-hybridized carbons (Fsp3) is 0.333. The Labute approximate surface area is 190 Å². The number of carbonyl (C=O) groups is 2. The van der Waals surface area contributed by atoms with Crippen molar-refractivity contribution in [2.45, 2.75) is 18.7 Å². The monoisotopic (exact) mass is 478 g/mol. The SMILES string of the molecule is CCN(CC)S(=O)(=O)c1ccc(/C=C/C(=O)OCC(=O)c2c(N)n(C)c(=O)n(C)c2=O)cc1. The molecule has 2 N–H and O–H groups in total. The van der Waals surface area contributed by atoms with Crippen LogP contribution in [-0.4, -0.2) is 53.3 Å². The number of sulfonamides is 1. The maximum atomic E-state index is 12.5. The molecule has 0 atom stereocenters. The second-order valence-corrected chi connectivity index (χ2v) is 8.93. The zero-order valence-electron chi connectivity index (χ0n) is 18.8. The number of nitrogens with zero attached hydrogens (tertiary/aromatic N) is 3. The van der Waals surface area contributed by atoms with Crippen molar-refractivity contribution in [1.82, 2.24) is 13.4 Å². The molecular weight excluding hydrogens is 452 g/mol. The molecule has 11 nitrogen and oxygen atoms in total. The third-order valence-corrected chi connectivity index (χ3v) is 7.03. The molecule has 0 fully saturated rings. The highest BCUT2D eigenvalue weighted by atomic mass is 32.2. The Morgan fingerprint density at radius 1 is 1.06 bits per heavy atom. The van der Waals surface area contributed by atoms with Crippen molar-refractivity contribution in [2.75, 3.05) is 25.4 Å². The number of benzene rings is 1. The number of aromatic nitrogens is 2. The Hall–Kier alpha value is -3.51. The van der Waals surface area contributed by atoms with Crippen molar-refractivity contribution in [2.24, 2.45) is 14.1 Å². The molecule has 0 spiro atoms. The molecule has 0 amide bonds. The van der Waals surface area contributed by atoms with Gasteiger partial charge in [0.25, 0.3) is 5.56 Å². The van der Waals surface area contributed by atoms with Gasteiger partial charge in [-0.2, -0.15) is 4.31 Å². The Balaban J connectivity index is 2.08. The van der Waals surface area contributed by atoms with Crippen molar-refractivity contribution in [3.05, 3.63) is 62.3 Å². The molecule has 0 saturated heterocycles. The summed E-state index contributed by atoms with van der Waals surface area (Å²) in [6.45, 7) is 3.45. The zero-order chi connectivity index (χ0) is 24.9. The summed E-state index contributed by atoms with van der Waals surface area (Å²) in [5.74, 6) is -2.03. The minimum Gasteiger partial charge on any atom is -0.454 e. The zero-order valence-corrected chi connectivity index (χ0v) is 19.6. The van der Waals surface area contributed by atoms with Gasteiger partial charge in [0, 0.05) is 33.3 Å². The topological polar surface area (TPSA) is 151 Å². The summed E-state index contributed by atoms with van der Waals surface area (Å²) in [4.78, 5) is 48.4. The third-order valence-electron chi connectivity index (χ3n) is 4.97. The lowest BCUT2D eigenvalue weighted by atomic mass is 10.2. The number of ketones is 1. The van der Waals surface area contributed by atoms with E-state index in [1.54, 1.807) is 13.8 Å². The van der Waals surface area contributed by atoms with Gasteiger partial charge in [-0.15, -0.1) is 0 Å². The van der Waals surface area contributed by atoms with Crippen LogP contribution >= 0.6 is 0 Å². The van der Waals surface area contributed by atoms with Gasteiger partial charge in [-0.3, -0.25) is 18.7 Å². The maximum Gasteiger partial charge on any atom is 0.332 e. The summed E-state index contributed by atoms with van der Waals surface area (Å²) >= 11 is 0. The van der Waals surface area contributed by atoms with Crippen LogP contribution in [-0.2, 0) is 33.7 Å². The van der Waals surface area contributed by atoms with Gasteiger partial charge in [-0.25, -0.2) is 18.0 Å².